The normalized spacial score (nSPS) is 15.1. The Hall–Kier alpha value is -3.17. The molecule has 7 nitrogen and oxygen atoms in total. The summed E-state index contributed by atoms with van der Waals surface area (Å²) < 4.78 is 11.0. The highest BCUT2D eigenvalue weighted by atomic mass is 32.2. The highest BCUT2D eigenvalue weighted by Gasteiger charge is 2.21. The van der Waals surface area contributed by atoms with Crippen LogP contribution in [0.15, 0.2) is 58.5 Å². The molecule has 1 heterocycles. The third-order valence-corrected chi connectivity index (χ3v) is 5.21. The minimum absolute atomic E-state index is 0.174. The second-order valence-electron chi connectivity index (χ2n) is 6.17. The Labute approximate surface area is 183 Å². The van der Waals surface area contributed by atoms with Gasteiger partial charge in [-0.05, 0) is 60.5 Å². The predicted octanol–water partition coefficient (Wildman–Crippen LogP) is 3.10. The van der Waals surface area contributed by atoms with E-state index < -0.39 is 0 Å². The maximum absolute atomic E-state index is 12.0. The van der Waals surface area contributed by atoms with Crippen LogP contribution in [0.25, 0.3) is 6.08 Å². The van der Waals surface area contributed by atoms with Crippen molar-refractivity contribution < 1.29 is 19.1 Å². The molecule has 2 aromatic rings. The van der Waals surface area contributed by atoms with Crippen LogP contribution in [0.1, 0.15) is 18.1 Å². The molecule has 1 fully saturated rings. The number of ether oxygens (including phenoxy) is 2. The van der Waals surface area contributed by atoms with Crippen molar-refractivity contribution in [1.82, 2.24) is 10.7 Å². The Morgan fingerprint density at radius 1 is 1.17 bits per heavy atom. The number of nitrogens with one attached hydrogen (secondary N) is 2. The molecule has 0 unspecified atom stereocenters. The van der Waals surface area contributed by atoms with Crippen LogP contribution < -0.4 is 20.2 Å². The van der Waals surface area contributed by atoms with Crippen LogP contribution in [0.5, 0.6) is 11.5 Å². The summed E-state index contributed by atoms with van der Waals surface area (Å²) in [6.45, 7) is 1.62. The molecule has 154 valence electrons. The molecule has 1 aliphatic rings. The zero-order valence-corrected chi connectivity index (χ0v) is 17.9. The lowest BCUT2D eigenvalue weighted by molar-refractivity contribution is -0.123. The van der Waals surface area contributed by atoms with Crippen LogP contribution in [-0.2, 0) is 9.59 Å². The van der Waals surface area contributed by atoms with Crippen molar-refractivity contribution in [2.45, 2.75) is 6.92 Å². The molecule has 1 aliphatic heterocycles. The average molecular weight is 442 g/mol. The van der Waals surface area contributed by atoms with Crippen LogP contribution in [0.2, 0.25) is 0 Å². The number of thiocarbonyl (C=S) groups is 1. The van der Waals surface area contributed by atoms with Gasteiger partial charge in [-0.2, -0.15) is 5.10 Å². The number of hydrazone groups is 1. The summed E-state index contributed by atoms with van der Waals surface area (Å²) in [6, 6.07) is 14.4. The summed E-state index contributed by atoms with van der Waals surface area (Å²) in [6.07, 6.45) is 1.74. The molecule has 1 saturated heterocycles. The summed E-state index contributed by atoms with van der Waals surface area (Å²) in [5.74, 6) is 0.705. The first-order chi connectivity index (χ1) is 14.4. The molecule has 0 aliphatic carbocycles. The van der Waals surface area contributed by atoms with Crippen molar-refractivity contribution in [3.8, 4) is 11.5 Å². The fourth-order valence-corrected chi connectivity index (χ4v) is 3.50. The van der Waals surface area contributed by atoms with E-state index in [-0.39, 0.29) is 18.4 Å². The Kier molecular flexibility index (Phi) is 7.21. The SMILES string of the molecule is COc1ccc(/C(C)=N\NC(=O)COc2ccc(/C=C3/SC(=S)NC3=O)cc2)cc1. The number of amides is 2. The van der Waals surface area contributed by atoms with Gasteiger partial charge in [-0.25, -0.2) is 5.43 Å². The maximum atomic E-state index is 12.0. The fourth-order valence-electron chi connectivity index (χ4n) is 2.46. The number of carbonyl (C=O) groups is 2. The summed E-state index contributed by atoms with van der Waals surface area (Å²) >= 11 is 6.19. The van der Waals surface area contributed by atoms with Crippen LogP contribution in [0, 0.1) is 0 Å². The summed E-state index contributed by atoms with van der Waals surface area (Å²) in [5.41, 5.74) is 4.84. The summed E-state index contributed by atoms with van der Waals surface area (Å²) in [4.78, 5) is 24.2. The van der Waals surface area contributed by atoms with Crippen LogP contribution >= 0.6 is 24.0 Å². The van der Waals surface area contributed by atoms with Gasteiger partial charge < -0.3 is 14.8 Å². The maximum Gasteiger partial charge on any atom is 0.277 e. The van der Waals surface area contributed by atoms with Gasteiger partial charge in [0.25, 0.3) is 11.8 Å². The van der Waals surface area contributed by atoms with E-state index >= 15 is 0 Å². The standard InChI is InChI=1S/C21H19N3O4S2/c1-13(15-5-9-16(27-2)10-6-15)23-24-19(25)12-28-17-7-3-14(4-8-17)11-18-20(26)22-21(29)30-18/h3-11H,12H2,1-2H3,(H,24,25)(H,22,26,29)/b18-11+,23-13-. The Morgan fingerprint density at radius 2 is 1.83 bits per heavy atom. The monoisotopic (exact) mass is 441 g/mol. The zero-order valence-electron chi connectivity index (χ0n) is 16.3. The lowest BCUT2D eigenvalue weighted by Crippen LogP contribution is -2.25. The van der Waals surface area contributed by atoms with E-state index in [2.05, 4.69) is 15.8 Å². The number of rotatable bonds is 7. The minimum atomic E-state index is -0.374. The molecule has 0 radical (unpaired) electrons. The molecule has 2 aromatic carbocycles. The van der Waals surface area contributed by atoms with Gasteiger partial charge in [-0.15, -0.1) is 0 Å². The lowest BCUT2D eigenvalue weighted by Gasteiger charge is -2.07. The average Bonchev–Trinajstić information content (AvgIpc) is 3.08. The molecule has 0 atom stereocenters. The van der Waals surface area contributed by atoms with Gasteiger partial charge >= 0.3 is 0 Å². The number of thioether (sulfide) groups is 1. The minimum Gasteiger partial charge on any atom is -0.497 e. The number of carbonyl (C=O) groups excluding carboxylic acids is 2. The molecule has 3 rings (SSSR count). The first-order valence-corrected chi connectivity index (χ1v) is 10.1. The molecule has 0 bridgehead atoms. The van der Waals surface area contributed by atoms with E-state index in [1.807, 2.05) is 24.3 Å². The topological polar surface area (TPSA) is 89.0 Å². The molecule has 9 heteroatoms. The zero-order chi connectivity index (χ0) is 21.5. The van der Waals surface area contributed by atoms with Crippen molar-refractivity contribution in [3.05, 3.63) is 64.6 Å². The molecular weight excluding hydrogens is 422 g/mol. The van der Waals surface area contributed by atoms with Crippen LogP contribution in [0.4, 0.5) is 0 Å². The number of hydrogen-bond donors (Lipinski definition) is 2. The van der Waals surface area contributed by atoms with E-state index in [1.54, 1.807) is 44.4 Å². The lowest BCUT2D eigenvalue weighted by atomic mass is 10.1. The van der Waals surface area contributed by atoms with E-state index in [0.29, 0.717) is 20.7 Å². The number of nitrogens with zero attached hydrogens (tertiary/aromatic N) is 1. The third kappa shape index (κ3) is 5.91. The van der Waals surface area contributed by atoms with Gasteiger partial charge in [0.1, 0.15) is 15.8 Å². The quantitative estimate of drug-likeness (QED) is 0.297. The third-order valence-electron chi connectivity index (χ3n) is 4.05. The van der Waals surface area contributed by atoms with Crippen LogP contribution in [0.3, 0.4) is 0 Å². The van der Waals surface area contributed by atoms with Crippen molar-refractivity contribution in [2.75, 3.05) is 13.7 Å². The second kappa shape index (κ2) is 10.0. The first-order valence-electron chi connectivity index (χ1n) is 8.90. The summed E-state index contributed by atoms with van der Waals surface area (Å²) in [5, 5.41) is 6.65. The fraction of sp³-hybridized carbons (Fsp3) is 0.143. The Morgan fingerprint density at radius 3 is 2.43 bits per heavy atom. The van der Waals surface area contributed by atoms with Gasteiger partial charge in [-0.1, -0.05) is 36.1 Å². The molecule has 0 saturated carbocycles. The largest absolute Gasteiger partial charge is 0.497 e. The van der Waals surface area contributed by atoms with E-state index in [9.17, 15) is 9.59 Å². The van der Waals surface area contributed by atoms with Crippen molar-refractivity contribution >= 4 is 51.9 Å². The van der Waals surface area contributed by atoms with Crippen molar-refractivity contribution in [1.29, 1.82) is 0 Å². The molecular formula is C21H19N3O4S2. The van der Waals surface area contributed by atoms with Gasteiger partial charge in [-0.3, -0.25) is 9.59 Å². The highest BCUT2D eigenvalue weighted by molar-refractivity contribution is 8.26. The second-order valence-corrected chi connectivity index (χ2v) is 7.89. The highest BCUT2D eigenvalue weighted by Crippen LogP contribution is 2.26. The summed E-state index contributed by atoms with van der Waals surface area (Å²) in [7, 11) is 1.60. The van der Waals surface area contributed by atoms with Gasteiger partial charge in [0, 0.05) is 0 Å². The molecule has 0 spiro atoms. The molecule has 2 amide bonds. The van der Waals surface area contributed by atoms with E-state index in [0.717, 1.165) is 16.9 Å². The van der Waals surface area contributed by atoms with Gasteiger partial charge in [0.2, 0.25) is 0 Å². The number of hydrogen-bond acceptors (Lipinski definition) is 7. The number of benzene rings is 2. The van der Waals surface area contributed by atoms with Gasteiger partial charge in [0.15, 0.2) is 6.61 Å². The van der Waals surface area contributed by atoms with Crippen molar-refractivity contribution in [3.63, 3.8) is 0 Å². The predicted molar refractivity (Wildman–Crippen MR) is 122 cm³/mol. The Bertz CT molecular complexity index is 1020. The smallest absolute Gasteiger partial charge is 0.277 e. The first kappa shape index (κ1) is 21.5. The van der Waals surface area contributed by atoms with E-state index in [4.69, 9.17) is 21.7 Å². The Balaban J connectivity index is 1.50. The van der Waals surface area contributed by atoms with Crippen LogP contribution in [-0.4, -0.2) is 35.6 Å². The number of methoxy groups -OCH3 is 1. The molecule has 2 N–H and O–H groups in total. The van der Waals surface area contributed by atoms with Crippen molar-refractivity contribution in [2.24, 2.45) is 5.10 Å². The van der Waals surface area contributed by atoms with Gasteiger partial charge in [0.05, 0.1) is 17.7 Å². The van der Waals surface area contributed by atoms with E-state index in [1.165, 1.54) is 11.8 Å². The molecule has 30 heavy (non-hydrogen) atoms. The molecule has 0 aromatic heterocycles.